The molecule has 2 atom stereocenters. The van der Waals surface area contributed by atoms with E-state index < -0.39 is 12.1 Å². The summed E-state index contributed by atoms with van der Waals surface area (Å²) in [6.07, 6.45) is 3.86. The van der Waals surface area contributed by atoms with Gasteiger partial charge in [0.05, 0.1) is 47.9 Å². The molecule has 0 bridgehead atoms. The normalized spacial score (nSPS) is 20.1. The smallest absolute Gasteiger partial charge is 0.244 e. The van der Waals surface area contributed by atoms with Crippen molar-refractivity contribution in [3.63, 3.8) is 0 Å². The first kappa shape index (κ1) is 33.2. The summed E-state index contributed by atoms with van der Waals surface area (Å²) in [5.74, 6) is 0.0664. The highest BCUT2D eigenvalue weighted by atomic mass is 16.2. The Balaban J connectivity index is 0.000000157. The van der Waals surface area contributed by atoms with Gasteiger partial charge < -0.3 is 31.1 Å². The molecule has 0 aliphatic carbocycles. The zero-order valence-corrected chi connectivity index (χ0v) is 28.0. The van der Waals surface area contributed by atoms with Crippen LogP contribution in [-0.2, 0) is 45.1 Å². The van der Waals surface area contributed by atoms with E-state index in [4.69, 9.17) is 11.5 Å². The lowest BCUT2D eigenvalue weighted by molar-refractivity contribution is -0.121. The number of carbonyl (C=O) groups is 4. The number of para-hydroxylation sites is 2. The second kappa shape index (κ2) is 14.3. The zero-order chi connectivity index (χ0) is 34.8. The van der Waals surface area contributed by atoms with Crippen molar-refractivity contribution >= 4 is 46.4 Å². The minimum Gasteiger partial charge on any atom is -0.320 e. The molecular formula is C40H42N6O4. The fourth-order valence-electron chi connectivity index (χ4n) is 7.46. The van der Waals surface area contributed by atoms with Crippen LogP contribution >= 0.6 is 0 Å². The van der Waals surface area contributed by atoms with Gasteiger partial charge in [0, 0.05) is 25.9 Å². The van der Waals surface area contributed by atoms with Crippen LogP contribution in [0.3, 0.4) is 0 Å². The summed E-state index contributed by atoms with van der Waals surface area (Å²) in [7, 11) is 0. The molecule has 0 spiro atoms. The third kappa shape index (κ3) is 6.51. The Hall–Kier alpha value is -5.32. The Morgan fingerprint density at radius 2 is 0.920 bits per heavy atom. The first-order valence-corrected chi connectivity index (χ1v) is 17.4. The Bertz CT molecular complexity index is 1780. The van der Waals surface area contributed by atoms with E-state index >= 15 is 0 Å². The number of amides is 4. The molecule has 256 valence electrons. The van der Waals surface area contributed by atoms with Crippen molar-refractivity contribution in [3.05, 3.63) is 119 Å². The van der Waals surface area contributed by atoms with E-state index in [1.54, 1.807) is 19.6 Å². The van der Waals surface area contributed by atoms with Gasteiger partial charge >= 0.3 is 0 Å². The van der Waals surface area contributed by atoms with Gasteiger partial charge in [0.2, 0.25) is 23.6 Å². The molecule has 2 saturated heterocycles. The highest BCUT2D eigenvalue weighted by Gasteiger charge is 2.37. The van der Waals surface area contributed by atoms with Crippen LogP contribution in [0, 0.1) is 0 Å². The Kier molecular flexibility index (Phi) is 9.47. The third-order valence-electron chi connectivity index (χ3n) is 9.88. The summed E-state index contributed by atoms with van der Waals surface area (Å²) in [4.78, 5) is 57.3. The minimum absolute atomic E-state index is 0.0875. The van der Waals surface area contributed by atoms with Gasteiger partial charge in [0.15, 0.2) is 0 Å². The standard InChI is InChI=1S/2C20H21N3O2/c2*21-16-12-15-8-4-9-17(22-11-5-10-18(22)24)19(15)23(20(16)25)13-14-6-2-1-3-7-14/h2*1-4,6-9,16H,5,10-13,21H2. The number of hydrogen-bond donors (Lipinski definition) is 2. The van der Waals surface area contributed by atoms with Gasteiger partial charge in [-0.2, -0.15) is 0 Å². The predicted molar refractivity (Wildman–Crippen MR) is 195 cm³/mol. The average Bonchev–Trinajstić information content (AvgIpc) is 3.76. The highest BCUT2D eigenvalue weighted by molar-refractivity contribution is 6.08. The molecule has 4 amide bonds. The van der Waals surface area contributed by atoms with E-state index in [0.717, 1.165) is 57.8 Å². The molecule has 0 radical (unpaired) electrons. The van der Waals surface area contributed by atoms with Gasteiger partial charge in [-0.25, -0.2) is 0 Å². The molecule has 50 heavy (non-hydrogen) atoms. The predicted octanol–water partition coefficient (Wildman–Crippen LogP) is 4.46. The van der Waals surface area contributed by atoms with E-state index in [1.165, 1.54) is 0 Å². The number of nitrogens with zero attached hydrogens (tertiary/aromatic N) is 4. The summed E-state index contributed by atoms with van der Waals surface area (Å²) in [6, 6.07) is 30.4. The third-order valence-corrected chi connectivity index (χ3v) is 9.88. The monoisotopic (exact) mass is 670 g/mol. The summed E-state index contributed by atoms with van der Waals surface area (Å²) < 4.78 is 0. The summed E-state index contributed by atoms with van der Waals surface area (Å²) in [5.41, 5.74) is 19.7. The molecule has 8 rings (SSSR count). The minimum atomic E-state index is -0.541. The molecule has 10 nitrogen and oxygen atoms in total. The lowest BCUT2D eigenvalue weighted by atomic mass is 9.95. The Morgan fingerprint density at radius 3 is 1.28 bits per heavy atom. The Labute approximate surface area is 292 Å². The first-order chi connectivity index (χ1) is 24.3. The molecule has 4 heterocycles. The largest absolute Gasteiger partial charge is 0.320 e. The lowest BCUT2D eigenvalue weighted by Crippen LogP contribution is -2.49. The maximum atomic E-state index is 12.8. The van der Waals surface area contributed by atoms with E-state index in [9.17, 15) is 19.2 Å². The maximum absolute atomic E-state index is 12.8. The van der Waals surface area contributed by atoms with Crippen LogP contribution in [0.15, 0.2) is 97.1 Å². The summed E-state index contributed by atoms with van der Waals surface area (Å²) in [5, 5.41) is 0. The number of fused-ring (bicyclic) bond motifs is 2. The van der Waals surface area contributed by atoms with E-state index in [2.05, 4.69) is 0 Å². The Morgan fingerprint density at radius 1 is 0.520 bits per heavy atom. The topological polar surface area (TPSA) is 133 Å². The van der Waals surface area contributed by atoms with Crippen molar-refractivity contribution in [1.29, 1.82) is 0 Å². The summed E-state index contributed by atoms with van der Waals surface area (Å²) in [6.45, 7) is 2.32. The number of hydrogen-bond acceptors (Lipinski definition) is 6. The van der Waals surface area contributed by atoms with Crippen LogP contribution in [0.5, 0.6) is 0 Å². The van der Waals surface area contributed by atoms with Crippen LogP contribution in [0.25, 0.3) is 0 Å². The van der Waals surface area contributed by atoms with Crippen molar-refractivity contribution < 1.29 is 19.2 Å². The van der Waals surface area contributed by atoms with Crippen molar-refractivity contribution in [2.75, 3.05) is 32.7 Å². The van der Waals surface area contributed by atoms with Gasteiger partial charge in [-0.15, -0.1) is 0 Å². The van der Waals surface area contributed by atoms with Gasteiger partial charge in [0.25, 0.3) is 0 Å². The van der Waals surface area contributed by atoms with Crippen molar-refractivity contribution in [2.45, 2.75) is 63.7 Å². The first-order valence-electron chi connectivity index (χ1n) is 17.4. The van der Waals surface area contributed by atoms with Gasteiger partial charge in [-0.3, -0.25) is 19.2 Å². The highest BCUT2D eigenvalue weighted by Crippen LogP contribution is 2.41. The van der Waals surface area contributed by atoms with Crippen LogP contribution < -0.4 is 31.1 Å². The second-order valence-electron chi connectivity index (χ2n) is 13.3. The molecule has 0 aromatic heterocycles. The fourth-order valence-corrected chi connectivity index (χ4v) is 7.46. The van der Waals surface area contributed by atoms with Crippen molar-refractivity contribution in [1.82, 2.24) is 0 Å². The van der Waals surface area contributed by atoms with Gasteiger partial charge in [-0.05, 0) is 60.1 Å². The maximum Gasteiger partial charge on any atom is 0.244 e. The summed E-state index contributed by atoms with van der Waals surface area (Å²) >= 11 is 0. The molecule has 0 saturated carbocycles. The molecular weight excluding hydrogens is 628 g/mol. The SMILES string of the molecule is NC1Cc2cccc(N3CCCC3=O)c2N(Cc2ccccc2)C1=O.NC1Cc2cccc(N3CCCC3=O)c2N(Cc2ccccc2)C1=O. The fraction of sp³-hybridized carbons (Fsp3) is 0.300. The molecule has 2 unspecified atom stereocenters. The van der Waals surface area contributed by atoms with Crippen LogP contribution in [0.2, 0.25) is 0 Å². The molecule has 4 aromatic carbocycles. The molecule has 2 fully saturated rings. The van der Waals surface area contributed by atoms with E-state index in [0.29, 0.717) is 51.9 Å². The lowest BCUT2D eigenvalue weighted by Gasteiger charge is -2.36. The van der Waals surface area contributed by atoms with Gasteiger partial charge in [0.1, 0.15) is 0 Å². The molecule has 4 aliphatic heterocycles. The number of anilines is 4. The zero-order valence-electron chi connectivity index (χ0n) is 28.0. The molecule has 4 N–H and O–H groups in total. The molecule has 10 heteroatoms. The second-order valence-corrected chi connectivity index (χ2v) is 13.3. The number of rotatable bonds is 6. The number of carbonyl (C=O) groups excluding carboxylic acids is 4. The van der Waals surface area contributed by atoms with Crippen LogP contribution in [0.4, 0.5) is 22.7 Å². The number of nitrogens with two attached hydrogens (primary N) is 2. The van der Waals surface area contributed by atoms with E-state index in [1.807, 2.05) is 97.1 Å². The molecule has 4 aromatic rings. The van der Waals surface area contributed by atoms with Gasteiger partial charge in [-0.1, -0.05) is 84.9 Å². The van der Waals surface area contributed by atoms with Crippen LogP contribution in [0.1, 0.15) is 47.9 Å². The quantitative estimate of drug-likeness (QED) is 0.311. The van der Waals surface area contributed by atoms with Crippen LogP contribution in [-0.4, -0.2) is 48.8 Å². The number of benzene rings is 4. The van der Waals surface area contributed by atoms with E-state index in [-0.39, 0.29) is 23.6 Å². The van der Waals surface area contributed by atoms with Crippen molar-refractivity contribution in [2.24, 2.45) is 11.5 Å². The molecule has 4 aliphatic rings. The van der Waals surface area contributed by atoms with Crippen molar-refractivity contribution in [3.8, 4) is 0 Å². The average molecular weight is 671 g/mol.